The van der Waals surface area contributed by atoms with Gasteiger partial charge in [0.15, 0.2) is 5.13 Å². The van der Waals surface area contributed by atoms with Crippen LogP contribution in [-0.4, -0.2) is 16.5 Å². The van der Waals surface area contributed by atoms with E-state index in [1.54, 1.807) is 17.4 Å². The van der Waals surface area contributed by atoms with Gasteiger partial charge in [-0.05, 0) is 25.1 Å². The van der Waals surface area contributed by atoms with Crippen molar-refractivity contribution in [3.63, 3.8) is 0 Å². The Morgan fingerprint density at radius 3 is 3.11 bits per heavy atom. The predicted molar refractivity (Wildman–Crippen MR) is 76.6 cm³/mol. The number of anilines is 1. The van der Waals surface area contributed by atoms with Crippen molar-refractivity contribution in [2.75, 3.05) is 11.9 Å². The number of pyridine rings is 1. The Morgan fingerprint density at radius 1 is 1.53 bits per heavy atom. The number of hydrogen-bond donors (Lipinski definition) is 2. The van der Waals surface area contributed by atoms with Crippen LogP contribution in [0.25, 0.3) is 21.1 Å². The first kappa shape index (κ1) is 11.7. The van der Waals surface area contributed by atoms with Crippen LogP contribution in [0.2, 0.25) is 0 Å². The monoisotopic (exact) mass is 270 g/mol. The molecule has 3 aromatic rings. The van der Waals surface area contributed by atoms with E-state index in [0.29, 0.717) is 5.52 Å². The van der Waals surface area contributed by atoms with Crippen LogP contribution in [0.5, 0.6) is 0 Å². The van der Waals surface area contributed by atoms with Gasteiger partial charge in [-0.3, -0.25) is 4.79 Å². The quantitative estimate of drug-likeness (QED) is 0.749. The number of fused-ring (bicyclic) bond motifs is 3. The number of nitrogens with one attached hydrogen (secondary N) is 2. The summed E-state index contributed by atoms with van der Waals surface area (Å²) in [5, 5.41) is 13.8. The summed E-state index contributed by atoms with van der Waals surface area (Å²) in [5.74, 6) is 0. The van der Waals surface area contributed by atoms with Crippen LogP contribution in [0.1, 0.15) is 12.5 Å². The first-order valence-corrected chi connectivity index (χ1v) is 6.65. The number of benzene rings is 1. The van der Waals surface area contributed by atoms with Gasteiger partial charge < -0.3 is 10.3 Å². The van der Waals surface area contributed by atoms with Crippen molar-refractivity contribution < 1.29 is 0 Å². The lowest BCUT2D eigenvalue weighted by Gasteiger charge is -1.98. The van der Waals surface area contributed by atoms with Crippen molar-refractivity contribution in [3.8, 4) is 6.07 Å². The summed E-state index contributed by atoms with van der Waals surface area (Å²) in [6.45, 7) is 2.81. The van der Waals surface area contributed by atoms with Crippen LogP contribution >= 0.6 is 11.3 Å². The Bertz CT molecular complexity index is 872. The van der Waals surface area contributed by atoms with Gasteiger partial charge in [0.2, 0.25) is 0 Å². The Labute approximate surface area is 112 Å². The molecule has 0 saturated heterocycles. The lowest BCUT2D eigenvalue weighted by Crippen LogP contribution is -2.09. The molecule has 0 atom stereocenters. The molecule has 2 heterocycles. The van der Waals surface area contributed by atoms with Gasteiger partial charge in [0, 0.05) is 11.9 Å². The zero-order valence-electron chi connectivity index (χ0n) is 10.2. The molecule has 0 unspecified atom stereocenters. The second kappa shape index (κ2) is 4.37. The molecule has 0 spiro atoms. The van der Waals surface area contributed by atoms with Gasteiger partial charge in [-0.1, -0.05) is 11.3 Å². The van der Waals surface area contributed by atoms with Crippen LogP contribution in [-0.2, 0) is 0 Å². The first-order valence-electron chi connectivity index (χ1n) is 5.83. The molecule has 0 aliphatic heterocycles. The lowest BCUT2D eigenvalue weighted by molar-refractivity contribution is 1.20. The van der Waals surface area contributed by atoms with Crippen molar-refractivity contribution in [1.29, 1.82) is 5.26 Å². The SMILES string of the molecule is CCNc1nc2c(ccc3[nH]c(=O)c(C#N)cc32)s1. The van der Waals surface area contributed by atoms with Crippen LogP contribution in [0.15, 0.2) is 23.0 Å². The molecule has 94 valence electrons. The minimum Gasteiger partial charge on any atom is -0.362 e. The van der Waals surface area contributed by atoms with Crippen molar-refractivity contribution in [3.05, 3.63) is 34.1 Å². The number of aromatic nitrogens is 2. The fourth-order valence-corrected chi connectivity index (χ4v) is 2.93. The Balaban J connectivity index is 2.38. The summed E-state index contributed by atoms with van der Waals surface area (Å²) in [6.07, 6.45) is 0. The molecule has 0 radical (unpaired) electrons. The third kappa shape index (κ3) is 1.84. The Hall–Kier alpha value is -2.39. The van der Waals surface area contributed by atoms with Gasteiger partial charge in [0.05, 0.1) is 15.7 Å². The number of H-pyrrole nitrogens is 1. The molecule has 0 amide bonds. The first-order chi connectivity index (χ1) is 9.22. The summed E-state index contributed by atoms with van der Waals surface area (Å²) in [4.78, 5) is 18.8. The highest BCUT2D eigenvalue weighted by molar-refractivity contribution is 7.22. The molecule has 2 N–H and O–H groups in total. The van der Waals surface area contributed by atoms with E-state index in [0.717, 1.165) is 27.3 Å². The molecule has 0 aliphatic rings. The number of rotatable bonds is 2. The van der Waals surface area contributed by atoms with E-state index >= 15 is 0 Å². The highest BCUT2D eigenvalue weighted by atomic mass is 32.1. The summed E-state index contributed by atoms with van der Waals surface area (Å²) in [6, 6.07) is 7.27. The topological polar surface area (TPSA) is 81.6 Å². The molecule has 0 bridgehead atoms. The van der Waals surface area contributed by atoms with Crippen LogP contribution in [0.4, 0.5) is 5.13 Å². The zero-order chi connectivity index (χ0) is 13.4. The van der Waals surface area contributed by atoms with Crippen molar-refractivity contribution in [2.45, 2.75) is 6.92 Å². The summed E-state index contributed by atoms with van der Waals surface area (Å²) < 4.78 is 1.03. The fraction of sp³-hybridized carbons (Fsp3) is 0.154. The van der Waals surface area contributed by atoms with Crippen LogP contribution in [0.3, 0.4) is 0 Å². The van der Waals surface area contributed by atoms with Crippen LogP contribution < -0.4 is 10.9 Å². The third-order valence-corrected chi connectivity index (χ3v) is 3.81. The Kier molecular flexibility index (Phi) is 2.69. The normalized spacial score (nSPS) is 10.7. The Morgan fingerprint density at radius 2 is 2.37 bits per heavy atom. The molecule has 6 heteroatoms. The van der Waals surface area contributed by atoms with Gasteiger partial charge in [0.25, 0.3) is 5.56 Å². The van der Waals surface area contributed by atoms with E-state index < -0.39 is 0 Å². The van der Waals surface area contributed by atoms with Crippen molar-refractivity contribution in [2.24, 2.45) is 0 Å². The molecular weight excluding hydrogens is 260 g/mol. The number of hydrogen-bond acceptors (Lipinski definition) is 5. The van der Waals surface area contributed by atoms with Crippen molar-refractivity contribution in [1.82, 2.24) is 9.97 Å². The maximum Gasteiger partial charge on any atom is 0.266 e. The second-order valence-corrected chi connectivity index (χ2v) is 5.08. The highest BCUT2D eigenvalue weighted by Gasteiger charge is 2.09. The largest absolute Gasteiger partial charge is 0.362 e. The molecule has 5 nitrogen and oxygen atoms in total. The number of nitrogens with zero attached hydrogens (tertiary/aromatic N) is 2. The molecule has 0 fully saturated rings. The maximum atomic E-state index is 11.6. The summed E-state index contributed by atoms with van der Waals surface area (Å²) >= 11 is 1.56. The smallest absolute Gasteiger partial charge is 0.266 e. The van der Waals surface area contributed by atoms with E-state index in [-0.39, 0.29) is 11.1 Å². The van der Waals surface area contributed by atoms with Gasteiger partial charge in [0.1, 0.15) is 11.6 Å². The third-order valence-electron chi connectivity index (χ3n) is 2.83. The van der Waals surface area contributed by atoms with Crippen molar-refractivity contribution >= 4 is 37.6 Å². The van der Waals surface area contributed by atoms with Gasteiger partial charge in [-0.25, -0.2) is 4.98 Å². The van der Waals surface area contributed by atoms with E-state index in [2.05, 4.69) is 15.3 Å². The number of thiazole rings is 1. The summed E-state index contributed by atoms with van der Waals surface area (Å²) in [5.41, 5.74) is 1.26. The van der Waals surface area contributed by atoms with E-state index in [9.17, 15) is 4.79 Å². The fourth-order valence-electron chi connectivity index (χ4n) is 1.98. The average molecular weight is 270 g/mol. The predicted octanol–water partition coefficient (Wildman–Crippen LogP) is 2.44. The zero-order valence-corrected chi connectivity index (χ0v) is 11.0. The number of aromatic amines is 1. The molecule has 19 heavy (non-hydrogen) atoms. The van der Waals surface area contributed by atoms with Gasteiger partial charge in [-0.2, -0.15) is 5.26 Å². The molecule has 1 aromatic carbocycles. The van der Waals surface area contributed by atoms with Crippen LogP contribution in [0, 0.1) is 11.3 Å². The minimum absolute atomic E-state index is 0.109. The van der Waals surface area contributed by atoms with E-state index in [1.807, 2.05) is 25.1 Å². The summed E-state index contributed by atoms with van der Waals surface area (Å²) in [7, 11) is 0. The molecule has 0 aliphatic carbocycles. The molecule has 3 rings (SSSR count). The molecular formula is C13H10N4OS. The van der Waals surface area contributed by atoms with E-state index in [4.69, 9.17) is 5.26 Å². The maximum absolute atomic E-state index is 11.6. The molecule has 2 aromatic heterocycles. The number of nitriles is 1. The van der Waals surface area contributed by atoms with E-state index in [1.165, 1.54) is 0 Å². The minimum atomic E-state index is -0.364. The standard InChI is InChI=1S/C13H10N4OS/c1-2-15-13-17-11-8-5-7(6-14)12(18)16-9(8)3-4-10(11)19-13/h3-5H,2H2,1H3,(H,15,17)(H,16,18). The highest BCUT2D eigenvalue weighted by Crippen LogP contribution is 2.30. The molecule has 0 saturated carbocycles. The average Bonchev–Trinajstić information content (AvgIpc) is 2.81. The van der Waals surface area contributed by atoms with Gasteiger partial charge in [-0.15, -0.1) is 0 Å². The van der Waals surface area contributed by atoms with Gasteiger partial charge >= 0.3 is 0 Å². The lowest BCUT2D eigenvalue weighted by atomic mass is 10.1. The second-order valence-electron chi connectivity index (χ2n) is 4.05.